The van der Waals surface area contributed by atoms with Gasteiger partial charge in [0.05, 0.1) is 23.6 Å². The van der Waals surface area contributed by atoms with Gasteiger partial charge in [-0.2, -0.15) is 0 Å². The van der Waals surface area contributed by atoms with E-state index >= 15 is 0 Å². The molecule has 1 saturated heterocycles. The fourth-order valence-electron chi connectivity index (χ4n) is 2.35. The van der Waals surface area contributed by atoms with Crippen molar-refractivity contribution in [2.45, 2.75) is 25.0 Å². The van der Waals surface area contributed by atoms with Crippen molar-refractivity contribution in [2.75, 3.05) is 30.7 Å². The fourth-order valence-corrected chi connectivity index (χ4v) is 2.35. The number of hydrogen-bond donors (Lipinski definition) is 4. The molecule has 21 heavy (non-hydrogen) atoms. The maximum Gasteiger partial charge on any atom is 0.224 e. The third-order valence-corrected chi connectivity index (χ3v) is 3.50. The average molecular weight is 297 g/mol. The molecule has 5 N–H and O–H groups in total. The second kappa shape index (κ2) is 6.84. The van der Waals surface area contributed by atoms with Crippen LogP contribution in [0.1, 0.15) is 12.8 Å². The highest BCUT2D eigenvalue weighted by atomic mass is 19.1. The lowest BCUT2D eigenvalue weighted by atomic mass is 10.2. The first kappa shape index (κ1) is 15.7. The number of nitrogens with one attached hydrogen (secondary N) is 1. The van der Waals surface area contributed by atoms with Crippen LogP contribution >= 0.6 is 0 Å². The van der Waals surface area contributed by atoms with Crippen LogP contribution in [-0.2, 0) is 4.79 Å². The summed E-state index contributed by atoms with van der Waals surface area (Å²) in [6.07, 6.45) is -0.526. The molecule has 1 aromatic carbocycles. The van der Waals surface area contributed by atoms with Gasteiger partial charge in [0.1, 0.15) is 5.82 Å². The minimum absolute atomic E-state index is 0.189. The molecule has 2 atom stereocenters. The standard InChI is InChI=1S/C14H20FN3O3/c15-9-3-4-11(10(16)6-9)17-14(21)2-1-5-18-7-12(19)13(20)8-18/h3-4,6,12-13,19-20H,1-2,5,7-8,16H2,(H,17,21). The van der Waals surface area contributed by atoms with Gasteiger partial charge in [0, 0.05) is 19.5 Å². The lowest BCUT2D eigenvalue weighted by Gasteiger charge is -2.14. The monoisotopic (exact) mass is 297 g/mol. The van der Waals surface area contributed by atoms with Gasteiger partial charge in [0.15, 0.2) is 0 Å². The summed E-state index contributed by atoms with van der Waals surface area (Å²) in [4.78, 5) is 13.7. The first-order valence-electron chi connectivity index (χ1n) is 6.89. The highest BCUT2D eigenvalue weighted by molar-refractivity contribution is 5.93. The molecule has 0 spiro atoms. The first-order valence-corrected chi connectivity index (χ1v) is 6.89. The van der Waals surface area contributed by atoms with Crippen molar-refractivity contribution in [3.8, 4) is 0 Å². The number of halogens is 1. The summed E-state index contributed by atoms with van der Waals surface area (Å²) in [5.74, 6) is -0.648. The number of carbonyl (C=O) groups is 1. The first-order chi connectivity index (χ1) is 9.95. The van der Waals surface area contributed by atoms with E-state index < -0.39 is 18.0 Å². The Kier molecular flexibility index (Phi) is 5.11. The van der Waals surface area contributed by atoms with Gasteiger partial charge in [0.2, 0.25) is 5.91 Å². The second-order valence-corrected chi connectivity index (χ2v) is 5.28. The molecule has 2 rings (SSSR count). The zero-order chi connectivity index (χ0) is 15.4. The van der Waals surface area contributed by atoms with Crippen molar-refractivity contribution in [2.24, 2.45) is 0 Å². The van der Waals surface area contributed by atoms with Gasteiger partial charge in [-0.25, -0.2) is 4.39 Å². The molecule has 0 radical (unpaired) electrons. The van der Waals surface area contributed by atoms with Gasteiger partial charge in [0.25, 0.3) is 0 Å². The molecule has 1 heterocycles. The van der Waals surface area contributed by atoms with Crippen molar-refractivity contribution in [3.05, 3.63) is 24.0 Å². The summed E-state index contributed by atoms with van der Waals surface area (Å²) in [7, 11) is 0. The molecule has 1 amide bonds. The summed E-state index contributed by atoms with van der Waals surface area (Å²) in [6, 6.07) is 3.82. The lowest BCUT2D eigenvalue weighted by Crippen LogP contribution is -2.24. The Balaban J connectivity index is 1.73. The molecule has 0 aliphatic carbocycles. The Morgan fingerprint density at radius 1 is 1.38 bits per heavy atom. The number of amides is 1. The number of aliphatic hydroxyl groups is 2. The van der Waals surface area contributed by atoms with Crippen LogP contribution in [0.25, 0.3) is 0 Å². The van der Waals surface area contributed by atoms with Crippen LogP contribution in [0.4, 0.5) is 15.8 Å². The number of nitrogens with zero attached hydrogens (tertiary/aromatic N) is 1. The summed E-state index contributed by atoms with van der Waals surface area (Å²) in [6.45, 7) is 1.47. The SMILES string of the molecule is Nc1cc(F)ccc1NC(=O)CCCN1CC(O)C(O)C1. The molecule has 1 aliphatic heterocycles. The summed E-state index contributed by atoms with van der Waals surface area (Å²) in [5, 5.41) is 21.5. The predicted octanol–water partition coefficient (Wildman–Crippen LogP) is 0.164. The number of rotatable bonds is 5. The van der Waals surface area contributed by atoms with Crippen molar-refractivity contribution < 1.29 is 19.4 Å². The number of anilines is 2. The quantitative estimate of drug-likeness (QED) is 0.581. The summed E-state index contributed by atoms with van der Waals surface area (Å²) >= 11 is 0. The second-order valence-electron chi connectivity index (χ2n) is 5.28. The third kappa shape index (κ3) is 4.38. The highest BCUT2D eigenvalue weighted by Crippen LogP contribution is 2.19. The smallest absolute Gasteiger partial charge is 0.224 e. The van der Waals surface area contributed by atoms with Gasteiger partial charge in [-0.15, -0.1) is 0 Å². The van der Waals surface area contributed by atoms with E-state index in [4.69, 9.17) is 5.73 Å². The Morgan fingerprint density at radius 3 is 2.67 bits per heavy atom. The normalized spacial score (nSPS) is 22.4. The molecule has 1 aliphatic rings. The van der Waals surface area contributed by atoms with Crippen LogP contribution in [0.3, 0.4) is 0 Å². The van der Waals surface area contributed by atoms with Crippen molar-refractivity contribution in [3.63, 3.8) is 0 Å². The highest BCUT2D eigenvalue weighted by Gasteiger charge is 2.28. The van der Waals surface area contributed by atoms with E-state index in [-0.39, 0.29) is 11.6 Å². The lowest BCUT2D eigenvalue weighted by molar-refractivity contribution is -0.116. The van der Waals surface area contributed by atoms with E-state index in [1.165, 1.54) is 12.1 Å². The Bertz CT molecular complexity index is 502. The van der Waals surface area contributed by atoms with E-state index in [1.54, 1.807) is 0 Å². The van der Waals surface area contributed by atoms with E-state index in [2.05, 4.69) is 5.32 Å². The molecule has 0 bridgehead atoms. The summed E-state index contributed by atoms with van der Waals surface area (Å²) < 4.78 is 12.9. The van der Waals surface area contributed by atoms with Crippen molar-refractivity contribution in [1.29, 1.82) is 0 Å². The van der Waals surface area contributed by atoms with Crippen LogP contribution in [0, 0.1) is 5.82 Å². The number of β-amino-alcohol motifs (C(OH)–C–C–N with tert-alkyl or cyclic N) is 2. The molecule has 1 fully saturated rings. The Hall–Kier alpha value is -1.70. The van der Waals surface area contributed by atoms with Gasteiger partial charge >= 0.3 is 0 Å². The molecule has 1 aromatic rings. The van der Waals surface area contributed by atoms with E-state index in [1.807, 2.05) is 4.90 Å². The molecule has 6 nitrogen and oxygen atoms in total. The maximum absolute atomic E-state index is 12.9. The number of likely N-dealkylation sites (tertiary alicyclic amines) is 1. The number of nitrogen functional groups attached to an aromatic ring is 1. The van der Waals surface area contributed by atoms with Crippen LogP contribution in [-0.4, -0.2) is 52.9 Å². The van der Waals surface area contributed by atoms with Crippen LogP contribution in [0.5, 0.6) is 0 Å². The zero-order valence-corrected chi connectivity index (χ0v) is 11.6. The van der Waals surface area contributed by atoms with Crippen LogP contribution < -0.4 is 11.1 Å². The predicted molar refractivity (Wildman–Crippen MR) is 77.1 cm³/mol. The fraction of sp³-hybridized carbons (Fsp3) is 0.500. The van der Waals surface area contributed by atoms with E-state index in [0.29, 0.717) is 38.2 Å². The number of carbonyl (C=O) groups excluding carboxylic acids is 1. The van der Waals surface area contributed by atoms with Gasteiger partial charge in [-0.1, -0.05) is 0 Å². The number of benzene rings is 1. The topological polar surface area (TPSA) is 98.8 Å². The van der Waals surface area contributed by atoms with E-state index in [0.717, 1.165) is 6.07 Å². The van der Waals surface area contributed by atoms with Gasteiger partial charge in [-0.05, 0) is 31.2 Å². The van der Waals surface area contributed by atoms with Crippen molar-refractivity contribution in [1.82, 2.24) is 4.90 Å². The zero-order valence-electron chi connectivity index (χ0n) is 11.6. The third-order valence-electron chi connectivity index (χ3n) is 3.50. The minimum atomic E-state index is -0.710. The number of aliphatic hydroxyl groups excluding tert-OH is 2. The Morgan fingerprint density at radius 2 is 2.05 bits per heavy atom. The minimum Gasteiger partial charge on any atom is -0.397 e. The van der Waals surface area contributed by atoms with Crippen LogP contribution in [0.15, 0.2) is 18.2 Å². The van der Waals surface area contributed by atoms with Crippen LogP contribution in [0.2, 0.25) is 0 Å². The summed E-state index contributed by atoms with van der Waals surface area (Å²) in [5.41, 5.74) is 6.20. The molecule has 0 aromatic heterocycles. The van der Waals surface area contributed by atoms with Crippen molar-refractivity contribution >= 4 is 17.3 Å². The average Bonchev–Trinajstić information content (AvgIpc) is 2.72. The number of nitrogens with two attached hydrogens (primary N) is 1. The molecular formula is C14H20FN3O3. The van der Waals surface area contributed by atoms with Gasteiger partial charge in [-0.3, -0.25) is 9.69 Å². The molecule has 116 valence electrons. The molecule has 7 heteroatoms. The molecule has 2 unspecified atom stereocenters. The molecule has 0 saturated carbocycles. The maximum atomic E-state index is 12.9. The number of hydrogen-bond acceptors (Lipinski definition) is 5. The van der Waals surface area contributed by atoms with E-state index in [9.17, 15) is 19.4 Å². The largest absolute Gasteiger partial charge is 0.397 e. The molecular weight excluding hydrogens is 277 g/mol. The Labute approximate surface area is 122 Å². The van der Waals surface area contributed by atoms with Gasteiger partial charge < -0.3 is 21.3 Å².